The first-order valence-electron chi connectivity index (χ1n) is 18.2. The Bertz CT molecular complexity index is 1590. The number of alkyl halides is 3. The molecule has 0 aromatic heterocycles. The van der Waals surface area contributed by atoms with Gasteiger partial charge in [-0.15, -0.1) is 0 Å². The van der Waals surface area contributed by atoms with E-state index in [1.807, 2.05) is 19.9 Å². The van der Waals surface area contributed by atoms with Gasteiger partial charge >= 0.3 is 6.18 Å². The molecular weight excluding hydrogens is 752 g/mol. The Balaban J connectivity index is 1.84. The number of benzene rings is 1. The largest absolute Gasteiger partial charge is 0.403 e. The van der Waals surface area contributed by atoms with Crippen LogP contribution in [-0.4, -0.2) is 84.3 Å². The Morgan fingerprint density at radius 3 is 2.33 bits per heavy atom. The van der Waals surface area contributed by atoms with E-state index in [-0.39, 0.29) is 31.6 Å². The van der Waals surface area contributed by atoms with Crippen LogP contribution >= 0.6 is 23.2 Å². The molecule has 300 valence electrons. The highest BCUT2D eigenvalue weighted by molar-refractivity contribution is 6.33. The van der Waals surface area contributed by atoms with Crippen molar-refractivity contribution in [2.75, 3.05) is 13.6 Å². The first-order chi connectivity index (χ1) is 25.2. The van der Waals surface area contributed by atoms with Crippen LogP contribution in [0.2, 0.25) is 10.0 Å². The van der Waals surface area contributed by atoms with Gasteiger partial charge in [-0.1, -0.05) is 56.1 Å². The minimum absolute atomic E-state index is 0.0235. The van der Waals surface area contributed by atoms with Gasteiger partial charge in [-0.2, -0.15) is 13.2 Å². The summed E-state index contributed by atoms with van der Waals surface area (Å²) in [5.41, 5.74) is 2.86. The van der Waals surface area contributed by atoms with Crippen LogP contribution in [0.25, 0.3) is 0 Å². The van der Waals surface area contributed by atoms with Crippen molar-refractivity contribution in [1.82, 2.24) is 26.2 Å². The smallest absolute Gasteiger partial charge is 0.369 e. The molecule has 0 bridgehead atoms. The number of primary amides is 1. The minimum Gasteiger partial charge on any atom is -0.369 e. The molecule has 7 atom stereocenters. The molecule has 17 heteroatoms. The molecular formula is C37H51Cl2F3N6O6. The molecule has 0 spiro atoms. The zero-order valence-corrected chi connectivity index (χ0v) is 32.7. The van der Waals surface area contributed by atoms with Crippen LogP contribution in [0.4, 0.5) is 13.2 Å². The van der Waals surface area contributed by atoms with E-state index in [2.05, 4.69) is 21.3 Å². The zero-order chi connectivity index (χ0) is 40.5. The van der Waals surface area contributed by atoms with Gasteiger partial charge in [0.05, 0.1) is 0 Å². The quantitative estimate of drug-likeness (QED) is 0.209. The highest BCUT2D eigenvalue weighted by Gasteiger charge is 2.76. The lowest BCUT2D eigenvalue weighted by atomic mass is 9.90. The molecule has 2 aliphatic rings. The Kier molecular flexibility index (Phi) is 15.8. The van der Waals surface area contributed by atoms with E-state index in [0.717, 1.165) is 0 Å². The van der Waals surface area contributed by atoms with Gasteiger partial charge in [-0.25, -0.2) is 0 Å². The predicted octanol–water partition coefficient (Wildman–Crippen LogP) is 4.21. The number of nitrogens with zero attached hydrogens (tertiary/aromatic N) is 1. The van der Waals surface area contributed by atoms with Crippen molar-refractivity contribution in [1.29, 1.82) is 0 Å². The lowest BCUT2D eigenvalue weighted by Gasteiger charge is -2.32. The Morgan fingerprint density at radius 2 is 1.74 bits per heavy atom. The van der Waals surface area contributed by atoms with E-state index in [1.165, 1.54) is 25.8 Å². The second-order valence-corrected chi connectivity index (χ2v) is 15.4. The van der Waals surface area contributed by atoms with Gasteiger partial charge in [0.25, 0.3) is 0 Å². The van der Waals surface area contributed by atoms with E-state index in [9.17, 15) is 41.9 Å². The van der Waals surface area contributed by atoms with Crippen LogP contribution in [-0.2, 0) is 35.2 Å². The molecule has 2 unspecified atom stereocenters. The summed E-state index contributed by atoms with van der Waals surface area (Å²) in [5, 5.41) is 11.5. The standard InChI is InChI=1S/C37H51Cl2F3N6O6/c1-6-24(25-19-36(25,35(43)54)37(40,41)42)31(50)45-21(4)30(49)46-27-12-10-8-7-9-11-15-44-33(52)29(18-22-17-23(38)13-14-26(22)39)48(5)34(53)28(16-20(2)3)47-32(27)51/h8,10,13-14,17,20-21,24-25,27-29H,6-7,9,11-12,15-16,18-19H2,1-5H3,(H2,43,54)(H,44,52)(H,45,50)(H,46,49)(H,47,51)/b10-8-/t21-,24-,25?,27-,28-,29-,36?/m0/s1. The molecule has 1 aliphatic carbocycles. The van der Waals surface area contributed by atoms with E-state index in [1.54, 1.807) is 24.3 Å². The topological polar surface area (TPSA) is 180 Å². The SMILES string of the molecule is CC[C@H](C(=O)N[C@@H](C)C(=O)N[C@H]1C/C=C\CCCCNC(=O)[C@H](Cc2cc(Cl)ccc2Cl)N(C)C(=O)[C@H](CC(C)C)NC1=O)C1CC1(C(N)=O)C(F)(F)F. The maximum Gasteiger partial charge on any atom is 0.403 e. The summed E-state index contributed by atoms with van der Waals surface area (Å²) in [6.07, 6.45) is 0.0843. The third-order valence-electron chi connectivity index (χ3n) is 10.1. The van der Waals surface area contributed by atoms with Gasteiger partial charge in [-0.05, 0) is 87.5 Å². The Morgan fingerprint density at radius 1 is 1.06 bits per heavy atom. The first kappa shape index (κ1) is 44.5. The van der Waals surface area contributed by atoms with Crippen LogP contribution in [0.15, 0.2) is 30.4 Å². The van der Waals surface area contributed by atoms with Gasteiger partial charge in [0.1, 0.15) is 29.6 Å². The number of nitrogens with one attached hydrogen (secondary N) is 4. The number of carbonyl (C=O) groups excluding carboxylic acids is 6. The molecule has 6 N–H and O–H groups in total. The van der Waals surface area contributed by atoms with E-state index >= 15 is 0 Å². The van der Waals surface area contributed by atoms with Crippen LogP contribution in [0.3, 0.4) is 0 Å². The molecule has 12 nitrogen and oxygen atoms in total. The normalized spacial score (nSPS) is 26.3. The van der Waals surface area contributed by atoms with Crippen LogP contribution in [0, 0.1) is 23.2 Å². The van der Waals surface area contributed by atoms with Crippen molar-refractivity contribution in [2.24, 2.45) is 28.9 Å². The Hall–Kier alpha value is -3.85. The first-order valence-corrected chi connectivity index (χ1v) is 18.9. The predicted molar refractivity (Wildman–Crippen MR) is 198 cm³/mol. The van der Waals surface area contributed by atoms with Gasteiger partial charge in [0.15, 0.2) is 0 Å². The van der Waals surface area contributed by atoms with E-state index in [4.69, 9.17) is 28.9 Å². The molecule has 3 rings (SSSR count). The fraction of sp³-hybridized carbons (Fsp3) is 0.622. The fourth-order valence-corrected chi connectivity index (χ4v) is 7.22. The third kappa shape index (κ3) is 11.1. The minimum atomic E-state index is -4.94. The molecule has 1 aromatic carbocycles. The summed E-state index contributed by atoms with van der Waals surface area (Å²) in [7, 11) is 1.47. The number of allylic oxidation sites excluding steroid dienone is 1. The van der Waals surface area contributed by atoms with Crippen molar-refractivity contribution < 1.29 is 41.9 Å². The maximum atomic E-state index is 14.1. The molecule has 1 aliphatic heterocycles. The molecule has 1 heterocycles. The summed E-state index contributed by atoms with van der Waals surface area (Å²) in [4.78, 5) is 81.2. The van der Waals surface area contributed by atoms with Gasteiger partial charge < -0.3 is 31.9 Å². The monoisotopic (exact) mass is 802 g/mol. The molecule has 1 fully saturated rings. The van der Waals surface area contributed by atoms with Crippen molar-refractivity contribution in [3.8, 4) is 0 Å². The molecule has 6 amide bonds. The summed E-state index contributed by atoms with van der Waals surface area (Å²) in [6, 6.07) is 0.211. The fourth-order valence-electron chi connectivity index (χ4n) is 6.83. The average Bonchev–Trinajstić information content (AvgIpc) is 3.85. The van der Waals surface area contributed by atoms with Crippen LogP contribution < -0.4 is 27.0 Å². The zero-order valence-electron chi connectivity index (χ0n) is 31.2. The van der Waals surface area contributed by atoms with E-state index in [0.29, 0.717) is 41.4 Å². The lowest BCUT2D eigenvalue weighted by molar-refractivity contribution is -0.196. The number of rotatable bonds is 11. The number of amides is 6. The highest BCUT2D eigenvalue weighted by atomic mass is 35.5. The second-order valence-electron chi connectivity index (χ2n) is 14.5. The number of hydrogen-bond acceptors (Lipinski definition) is 6. The number of nitrogens with two attached hydrogens (primary N) is 1. The van der Waals surface area contributed by atoms with Gasteiger partial charge in [0.2, 0.25) is 35.4 Å². The molecule has 1 saturated carbocycles. The van der Waals surface area contributed by atoms with Crippen molar-refractivity contribution >= 4 is 58.6 Å². The average molecular weight is 804 g/mol. The van der Waals surface area contributed by atoms with Crippen LogP contribution in [0.5, 0.6) is 0 Å². The molecule has 0 saturated heterocycles. The molecule has 54 heavy (non-hydrogen) atoms. The summed E-state index contributed by atoms with van der Waals surface area (Å²) in [6.45, 7) is 6.88. The number of likely N-dealkylation sites (N-methyl/N-ethyl adjacent to an activating group) is 1. The summed E-state index contributed by atoms with van der Waals surface area (Å²) < 4.78 is 41.4. The van der Waals surface area contributed by atoms with Crippen molar-refractivity contribution in [3.05, 3.63) is 46.0 Å². The maximum absolute atomic E-state index is 14.1. The number of hydrogen-bond donors (Lipinski definition) is 5. The van der Waals surface area contributed by atoms with Gasteiger partial charge in [0, 0.05) is 36.0 Å². The number of carbonyl (C=O) groups is 6. The van der Waals surface area contributed by atoms with Crippen molar-refractivity contribution in [2.45, 2.75) is 109 Å². The highest BCUT2D eigenvalue weighted by Crippen LogP contribution is 2.65. The molecule has 1 aromatic rings. The number of halogens is 5. The second kappa shape index (κ2) is 19.1. The summed E-state index contributed by atoms with van der Waals surface area (Å²) >= 11 is 12.6. The Labute approximate surface area is 323 Å². The summed E-state index contributed by atoms with van der Waals surface area (Å²) in [5.74, 6) is -7.58. The van der Waals surface area contributed by atoms with E-state index < -0.39 is 89.5 Å². The lowest BCUT2D eigenvalue weighted by Crippen LogP contribution is -2.58. The molecule has 0 radical (unpaired) electrons. The van der Waals surface area contributed by atoms with Crippen molar-refractivity contribution in [3.63, 3.8) is 0 Å². The van der Waals surface area contributed by atoms with Crippen LogP contribution in [0.1, 0.15) is 78.2 Å². The van der Waals surface area contributed by atoms with Gasteiger partial charge in [-0.3, -0.25) is 28.8 Å². The third-order valence-corrected chi connectivity index (χ3v) is 10.7.